The Kier molecular flexibility index (Phi) is 3.19. The second kappa shape index (κ2) is 4.43. The van der Waals surface area contributed by atoms with E-state index in [-0.39, 0.29) is 0 Å². The van der Waals surface area contributed by atoms with Crippen molar-refractivity contribution < 1.29 is 5.11 Å². The van der Waals surface area contributed by atoms with E-state index >= 15 is 0 Å². The van der Waals surface area contributed by atoms with Crippen molar-refractivity contribution in [2.75, 3.05) is 13.1 Å². The lowest BCUT2D eigenvalue weighted by molar-refractivity contribution is 0.0160. The lowest BCUT2D eigenvalue weighted by atomic mass is 9.89. The zero-order chi connectivity index (χ0) is 10.7. The Bertz CT molecular complexity index is 339. The van der Waals surface area contributed by atoms with Crippen molar-refractivity contribution in [2.45, 2.75) is 24.9 Å². The molecule has 2 rings (SSSR count). The lowest BCUT2D eigenvalue weighted by Gasteiger charge is -2.32. The van der Waals surface area contributed by atoms with E-state index in [1.807, 2.05) is 0 Å². The number of hydrogen-bond acceptors (Lipinski definition) is 4. The zero-order valence-electron chi connectivity index (χ0n) is 8.41. The Morgan fingerprint density at radius 1 is 1.47 bits per heavy atom. The number of nitrogens with one attached hydrogen (secondary N) is 1. The average Bonchev–Trinajstić information content (AvgIpc) is 2.22. The normalized spacial score (nSPS) is 26.5. The molecule has 1 saturated heterocycles. The van der Waals surface area contributed by atoms with Crippen molar-refractivity contribution in [1.82, 2.24) is 15.3 Å². The van der Waals surface area contributed by atoms with Gasteiger partial charge in [-0.2, -0.15) is 0 Å². The van der Waals surface area contributed by atoms with Gasteiger partial charge in [0.15, 0.2) is 5.15 Å². The van der Waals surface area contributed by atoms with Crippen LogP contribution in [0.25, 0.3) is 0 Å². The van der Waals surface area contributed by atoms with Gasteiger partial charge in [0, 0.05) is 25.4 Å². The van der Waals surface area contributed by atoms with Crippen LogP contribution in [0.4, 0.5) is 0 Å². The fourth-order valence-electron chi connectivity index (χ4n) is 1.88. The van der Waals surface area contributed by atoms with Crippen LogP contribution in [0, 0.1) is 0 Å². The fraction of sp³-hybridized carbons (Fsp3) is 0.600. The summed E-state index contributed by atoms with van der Waals surface area (Å²) in [6, 6.07) is 0. The van der Waals surface area contributed by atoms with Gasteiger partial charge < -0.3 is 10.4 Å². The smallest absolute Gasteiger partial charge is 0.150 e. The topological polar surface area (TPSA) is 58.0 Å². The molecule has 0 bridgehead atoms. The summed E-state index contributed by atoms with van der Waals surface area (Å²) in [4.78, 5) is 8.08. The van der Waals surface area contributed by atoms with Gasteiger partial charge in [0.05, 0.1) is 11.3 Å². The highest BCUT2D eigenvalue weighted by atomic mass is 35.5. The van der Waals surface area contributed by atoms with E-state index in [4.69, 9.17) is 11.6 Å². The van der Waals surface area contributed by atoms with Crippen LogP contribution in [-0.4, -0.2) is 33.8 Å². The van der Waals surface area contributed by atoms with Crippen LogP contribution in [-0.2, 0) is 6.42 Å². The second-order valence-corrected chi connectivity index (χ2v) is 4.33. The zero-order valence-corrected chi connectivity index (χ0v) is 9.17. The highest BCUT2D eigenvalue weighted by Crippen LogP contribution is 2.22. The number of aromatic nitrogens is 2. The van der Waals surface area contributed by atoms with Crippen molar-refractivity contribution >= 4 is 11.6 Å². The maximum Gasteiger partial charge on any atom is 0.150 e. The standard InChI is InChI=1S/C10H14ClN3O/c11-9-8(13-4-5-14-9)6-10(15)2-1-3-12-7-10/h4-5,12,15H,1-3,6-7H2. The van der Waals surface area contributed by atoms with Crippen molar-refractivity contribution in [3.05, 3.63) is 23.2 Å². The van der Waals surface area contributed by atoms with Crippen molar-refractivity contribution in [3.8, 4) is 0 Å². The molecule has 1 aromatic heterocycles. The van der Waals surface area contributed by atoms with E-state index in [0.717, 1.165) is 19.4 Å². The fourth-order valence-corrected chi connectivity index (χ4v) is 2.05. The Morgan fingerprint density at radius 2 is 2.27 bits per heavy atom. The van der Waals surface area contributed by atoms with Crippen LogP contribution < -0.4 is 5.32 Å². The van der Waals surface area contributed by atoms with Crippen molar-refractivity contribution in [2.24, 2.45) is 0 Å². The van der Waals surface area contributed by atoms with Crippen LogP contribution >= 0.6 is 11.6 Å². The first-order chi connectivity index (χ1) is 7.20. The highest BCUT2D eigenvalue weighted by molar-refractivity contribution is 6.29. The minimum atomic E-state index is -0.724. The summed E-state index contributed by atoms with van der Waals surface area (Å²) in [6.45, 7) is 1.57. The molecule has 2 heterocycles. The van der Waals surface area contributed by atoms with Gasteiger partial charge in [-0.1, -0.05) is 11.6 Å². The Labute approximate surface area is 93.7 Å². The largest absolute Gasteiger partial charge is 0.388 e. The van der Waals surface area contributed by atoms with Crippen LogP contribution in [0.3, 0.4) is 0 Å². The summed E-state index contributed by atoms with van der Waals surface area (Å²) >= 11 is 5.90. The van der Waals surface area contributed by atoms with Crippen LogP contribution in [0.1, 0.15) is 18.5 Å². The van der Waals surface area contributed by atoms with Crippen LogP contribution in [0.15, 0.2) is 12.4 Å². The summed E-state index contributed by atoms with van der Waals surface area (Å²) in [5.74, 6) is 0. The second-order valence-electron chi connectivity index (χ2n) is 3.98. The number of piperidine rings is 1. The molecule has 0 saturated carbocycles. The number of nitrogens with zero attached hydrogens (tertiary/aromatic N) is 2. The minimum absolute atomic E-state index is 0.386. The lowest BCUT2D eigenvalue weighted by Crippen LogP contribution is -2.47. The maximum absolute atomic E-state index is 10.3. The number of halogens is 1. The van der Waals surface area contributed by atoms with Gasteiger partial charge in [0.2, 0.25) is 0 Å². The van der Waals surface area contributed by atoms with Crippen LogP contribution in [0.5, 0.6) is 0 Å². The van der Waals surface area contributed by atoms with Gasteiger partial charge in [0.1, 0.15) is 0 Å². The van der Waals surface area contributed by atoms with Crippen LogP contribution in [0.2, 0.25) is 5.15 Å². The Morgan fingerprint density at radius 3 is 2.93 bits per heavy atom. The number of hydrogen-bond donors (Lipinski definition) is 2. The molecule has 4 nitrogen and oxygen atoms in total. The van der Waals surface area contributed by atoms with E-state index in [1.54, 1.807) is 12.4 Å². The number of aliphatic hydroxyl groups is 1. The predicted molar refractivity (Wildman–Crippen MR) is 57.8 cm³/mol. The van der Waals surface area contributed by atoms with Gasteiger partial charge >= 0.3 is 0 Å². The van der Waals surface area contributed by atoms with E-state index in [2.05, 4.69) is 15.3 Å². The number of β-amino-alcohol motifs (C(OH)–C–C–N with tert-alkyl or cyclic N) is 1. The van der Waals surface area contributed by atoms with Gasteiger partial charge in [-0.25, -0.2) is 4.98 Å². The molecule has 1 aromatic rings. The average molecular weight is 228 g/mol. The first-order valence-corrected chi connectivity index (χ1v) is 5.46. The molecule has 1 atom stereocenters. The first kappa shape index (κ1) is 10.8. The summed E-state index contributed by atoms with van der Waals surface area (Å²) < 4.78 is 0. The van der Waals surface area contributed by atoms with E-state index in [9.17, 15) is 5.11 Å². The number of rotatable bonds is 2. The molecule has 2 N–H and O–H groups in total. The molecule has 1 aliphatic heterocycles. The minimum Gasteiger partial charge on any atom is -0.388 e. The molecule has 0 aromatic carbocycles. The summed E-state index contributed by atoms with van der Waals surface area (Å²) in [7, 11) is 0. The molecule has 0 aliphatic carbocycles. The molecule has 1 fully saturated rings. The third-order valence-corrected chi connectivity index (χ3v) is 2.99. The van der Waals surface area contributed by atoms with Gasteiger partial charge in [-0.05, 0) is 19.4 Å². The molecule has 82 valence electrons. The molecule has 0 radical (unpaired) electrons. The Hall–Kier alpha value is -0.710. The summed E-state index contributed by atoms with van der Waals surface area (Å²) in [5.41, 5.74) is -0.0526. The van der Waals surface area contributed by atoms with E-state index in [0.29, 0.717) is 23.8 Å². The monoisotopic (exact) mass is 227 g/mol. The molecule has 1 aliphatic rings. The SMILES string of the molecule is OC1(Cc2nccnc2Cl)CCCNC1. The Balaban J connectivity index is 2.10. The summed E-state index contributed by atoms with van der Waals surface area (Å²) in [6.07, 6.45) is 5.38. The maximum atomic E-state index is 10.3. The third kappa shape index (κ3) is 2.65. The molecular weight excluding hydrogens is 214 g/mol. The third-order valence-electron chi connectivity index (χ3n) is 2.67. The predicted octanol–water partition coefficient (Wildman–Crippen LogP) is 0.787. The van der Waals surface area contributed by atoms with Gasteiger partial charge in [-0.3, -0.25) is 4.98 Å². The highest BCUT2D eigenvalue weighted by Gasteiger charge is 2.30. The molecule has 0 spiro atoms. The van der Waals surface area contributed by atoms with E-state index in [1.165, 1.54) is 0 Å². The molecule has 15 heavy (non-hydrogen) atoms. The molecular formula is C10H14ClN3O. The van der Waals surface area contributed by atoms with Crippen molar-refractivity contribution in [1.29, 1.82) is 0 Å². The quantitative estimate of drug-likeness (QED) is 0.784. The van der Waals surface area contributed by atoms with Gasteiger partial charge in [0.25, 0.3) is 0 Å². The molecule has 5 heteroatoms. The van der Waals surface area contributed by atoms with Crippen molar-refractivity contribution in [3.63, 3.8) is 0 Å². The van der Waals surface area contributed by atoms with Gasteiger partial charge in [-0.15, -0.1) is 0 Å². The first-order valence-electron chi connectivity index (χ1n) is 5.08. The summed E-state index contributed by atoms with van der Waals surface area (Å²) in [5, 5.41) is 13.8. The molecule has 0 amide bonds. The molecule has 1 unspecified atom stereocenters. The van der Waals surface area contributed by atoms with E-state index < -0.39 is 5.60 Å².